The maximum Gasteiger partial charge on any atom is 0.417 e. The van der Waals surface area contributed by atoms with Crippen molar-refractivity contribution in [2.75, 3.05) is 41.7 Å². The zero-order valence-corrected chi connectivity index (χ0v) is 17.2. The topological polar surface area (TPSA) is 73.2 Å². The van der Waals surface area contributed by atoms with Gasteiger partial charge >= 0.3 is 6.18 Å². The molecular weight excluding hydrogens is 429 g/mol. The number of anilines is 2. The lowest BCUT2D eigenvalue weighted by atomic mass is 10.1. The first-order valence-electron chi connectivity index (χ1n) is 9.56. The van der Waals surface area contributed by atoms with Crippen LogP contribution in [0.25, 0.3) is 0 Å². The molecule has 162 valence electrons. The van der Waals surface area contributed by atoms with Gasteiger partial charge in [0.15, 0.2) is 5.17 Å². The van der Waals surface area contributed by atoms with Crippen LogP contribution in [-0.2, 0) is 11.0 Å². The molecule has 0 saturated carbocycles. The highest BCUT2D eigenvalue weighted by atomic mass is 32.2. The number of thioether (sulfide) groups is 1. The summed E-state index contributed by atoms with van der Waals surface area (Å²) in [5.74, 6) is 0.803. The van der Waals surface area contributed by atoms with E-state index in [0.29, 0.717) is 42.9 Å². The first-order valence-corrected chi connectivity index (χ1v) is 10.5. The Morgan fingerprint density at radius 2 is 1.81 bits per heavy atom. The molecule has 31 heavy (non-hydrogen) atoms. The first-order chi connectivity index (χ1) is 14.9. The van der Waals surface area contributed by atoms with Crippen LogP contribution < -0.4 is 15.1 Å². The summed E-state index contributed by atoms with van der Waals surface area (Å²) in [5, 5.41) is 11.2. The Labute approximate surface area is 181 Å². The van der Waals surface area contributed by atoms with Crippen LogP contribution in [0.15, 0.2) is 52.8 Å². The summed E-state index contributed by atoms with van der Waals surface area (Å²) < 4.78 is 38.2. The van der Waals surface area contributed by atoms with E-state index in [0.717, 1.165) is 23.5 Å². The van der Waals surface area contributed by atoms with Gasteiger partial charge in [-0.1, -0.05) is 30.0 Å². The summed E-state index contributed by atoms with van der Waals surface area (Å²) in [4.78, 5) is 19.4. The molecule has 1 N–H and O–H groups in total. The second-order valence-electron chi connectivity index (χ2n) is 6.92. The van der Waals surface area contributed by atoms with Crippen molar-refractivity contribution in [2.45, 2.75) is 6.18 Å². The fourth-order valence-electron chi connectivity index (χ4n) is 3.32. The predicted octanol–water partition coefficient (Wildman–Crippen LogP) is 2.98. The summed E-state index contributed by atoms with van der Waals surface area (Å²) in [5.41, 5.74) is 1.14. The molecule has 0 aliphatic carbocycles. The molecule has 0 unspecified atom stereocenters. The number of benzene rings is 1. The van der Waals surface area contributed by atoms with Crippen LogP contribution >= 0.6 is 11.8 Å². The smallest absolute Gasteiger partial charge is 0.367 e. The predicted molar refractivity (Wildman–Crippen MR) is 116 cm³/mol. The van der Waals surface area contributed by atoms with Crippen molar-refractivity contribution in [2.24, 2.45) is 10.2 Å². The van der Waals surface area contributed by atoms with E-state index >= 15 is 0 Å². The van der Waals surface area contributed by atoms with Gasteiger partial charge in [-0.15, -0.1) is 5.10 Å². The number of piperazine rings is 1. The molecule has 1 aromatic carbocycles. The largest absolute Gasteiger partial charge is 0.417 e. The van der Waals surface area contributed by atoms with Gasteiger partial charge in [-0.3, -0.25) is 4.79 Å². The lowest BCUT2D eigenvalue weighted by molar-refractivity contribution is -0.137. The monoisotopic (exact) mass is 448 g/mol. The minimum absolute atomic E-state index is 0.0836. The number of para-hydroxylation sites is 1. The number of nitrogens with one attached hydrogen (secondary N) is 1. The van der Waals surface area contributed by atoms with Gasteiger partial charge in [0, 0.05) is 43.6 Å². The number of hydrogen-bond donors (Lipinski definition) is 1. The summed E-state index contributed by atoms with van der Waals surface area (Å²) in [6, 6.07) is 10.3. The molecule has 3 heterocycles. The van der Waals surface area contributed by atoms with Crippen molar-refractivity contribution in [3.8, 4) is 0 Å². The third-order valence-corrected chi connectivity index (χ3v) is 5.75. The van der Waals surface area contributed by atoms with Crippen LogP contribution in [0.5, 0.6) is 0 Å². The number of rotatable bonds is 4. The fourth-order valence-corrected chi connectivity index (χ4v) is 3.96. The van der Waals surface area contributed by atoms with E-state index in [1.165, 1.54) is 17.8 Å². The molecule has 4 rings (SSSR count). The van der Waals surface area contributed by atoms with Gasteiger partial charge in [-0.2, -0.15) is 18.3 Å². The Balaban J connectivity index is 1.40. The summed E-state index contributed by atoms with van der Waals surface area (Å²) in [6.45, 7) is 2.64. The Bertz CT molecular complexity index is 1000. The van der Waals surface area contributed by atoms with Gasteiger partial charge in [0.05, 0.1) is 17.5 Å². The zero-order valence-electron chi connectivity index (χ0n) is 16.3. The van der Waals surface area contributed by atoms with E-state index in [9.17, 15) is 18.0 Å². The van der Waals surface area contributed by atoms with E-state index < -0.39 is 11.7 Å². The first kappa shape index (κ1) is 21.2. The van der Waals surface area contributed by atoms with Crippen molar-refractivity contribution < 1.29 is 18.0 Å². The molecule has 1 aromatic heterocycles. The van der Waals surface area contributed by atoms with E-state index in [1.807, 2.05) is 29.2 Å². The lowest BCUT2D eigenvalue weighted by Crippen LogP contribution is -2.47. The minimum atomic E-state index is -4.39. The number of carbonyl (C=O) groups excluding carboxylic acids is 1. The quantitative estimate of drug-likeness (QED) is 0.575. The SMILES string of the molecule is O=C1CSC(=NN=Cc2ccccc2N2CCN(c3ccc(C(F)(F)F)cn3)CC2)N1. The van der Waals surface area contributed by atoms with Gasteiger partial charge in [-0.05, 0) is 18.2 Å². The number of carbonyl (C=O) groups is 1. The average molecular weight is 448 g/mol. The molecular formula is C20H19F3N6OS. The van der Waals surface area contributed by atoms with Crippen LogP contribution in [-0.4, -0.2) is 54.2 Å². The van der Waals surface area contributed by atoms with Crippen molar-refractivity contribution in [1.29, 1.82) is 0 Å². The number of nitrogens with zero attached hydrogens (tertiary/aromatic N) is 5. The third-order valence-electron chi connectivity index (χ3n) is 4.89. The number of amides is 1. The molecule has 2 aliphatic rings. The zero-order chi connectivity index (χ0) is 21.8. The Morgan fingerprint density at radius 1 is 1.06 bits per heavy atom. The molecule has 0 radical (unpaired) electrons. The molecule has 2 fully saturated rings. The maximum absolute atomic E-state index is 12.7. The highest BCUT2D eigenvalue weighted by molar-refractivity contribution is 8.15. The number of aromatic nitrogens is 1. The van der Waals surface area contributed by atoms with Crippen LogP contribution in [0.1, 0.15) is 11.1 Å². The number of hydrogen-bond acceptors (Lipinski definition) is 7. The number of amidine groups is 1. The standard InChI is InChI=1S/C20H19F3N6OS/c21-20(22,23)15-5-6-17(24-12-15)29-9-7-28(8-10-29)16-4-2-1-3-14(16)11-25-27-19-26-18(30)13-31-19/h1-6,11-12H,7-10,13H2,(H,26,27,30). The Kier molecular flexibility index (Phi) is 6.12. The maximum atomic E-state index is 12.7. The van der Waals surface area contributed by atoms with Crippen molar-refractivity contribution >= 4 is 40.6 Å². The molecule has 1 amide bonds. The van der Waals surface area contributed by atoms with Gasteiger partial charge in [0.25, 0.3) is 0 Å². The van der Waals surface area contributed by atoms with Crippen molar-refractivity contribution in [3.05, 3.63) is 53.7 Å². The number of halogens is 3. The van der Waals surface area contributed by atoms with Crippen LogP contribution in [0, 0.1) is 0 Å². The van der Waals surface area contributed by atoms with Gasteiger partial charge in [0.1, 0.15) is 5.82 Å². The molecule has 0 spiro atoms. The molecule has 7 nitrogen and oxygen atoms in total. The van der Waals surface area contributed by atoms with Crippen LogP contribution in [0.3, 0.4) is 0 Å². The molecule has 2 aromatic rings. The summed E-state index contributed by atoms with van der Waals surface area (Å²) in [6.07, 6.45) is -1.86. The Hall–Kier alpha value is -3.08. The summed E-state index contributed by atoms with van der Waals surface area (Å²) >= 11 is 1.31. The third kappa shape index (κ3) is 5.16. The second-order valence-corrected chi connectivity index (χ2v) is 7.89. The van der Waals surface area contributed by atoms with Crippen molar-refractivity contribution in [1.82, 2.24) is 10.3 Å². The van der Waals surface area contributed by atoms with Gasteiger partial charge in [0.2, 0.25) is 5.91 Å². The lowest BCUT2D eigenvalue weighted by Gasteiger charge is -2.37. The molecule has 11 heteroatoms. The average Bonchev–Trinajstić information content (AvgIpc) is 3.19. The Morgan fingerprint density at radius 3 is 2.45 bits per heavy atom. The van der Waals surface area contributed by atoms with E-state index in [4.69, 9.17) is 0 Å². The fraction of sp³-hybridized carbons (Fsp3) is 0.300. The van der Waals surface area contributed by atoms with E-state index in [2.05, 4.69) is 25.4 Å². The number of pyridine rings is 1. The highest BCUT2D eigenvalue weighted by Gasteiger charge is 2.31. The molecule has 2 aliphatic heterocycles. The molecule has 0 bridgehead atoms. The van der Waals surface area contributed by atoms with Gasteiger partial charge in [-0.25, -0.2) is 4.98 Å². The molecule has 0 atom stereocenters. The highest BCUT2D eigenvalue weighted by Crippen LogP contribution is 2.30. The van der Waals surface area contributed by atoms with Crippen molar-refractivity contribution in [3.63, 3.8) is 0 Å². The van der Waals surface area contributed by atoms with Gasteiger partial charge < -0.3 is 15.1 Å². The van der Waals surface area contributed by atoms with Crippen LogP contribution in [0.4, 0.5) is 24.7 Å². The normalized spacial score (nSPS) is 18.8. The molecule has 2 saturated heterocycles. The minimum Gasteiger partial charge on any atom is -0.367 e. The van der Waals surface area contributed by atoms with E-state index in [-0.39, 0.29) is 5.91 Å². The van der Waals surface area contributed by atoms with Crippen LogP contribution in [0.2, 0.25) is 0 Å². The summed E-state index contributed by atoms with van der Waals surface area (Å²) in [7, 11) is 0. The number of alkyl halides is 3. The van der Waals surface area contributed by atoms with E-state index in [1.54, 1.807) is 6.21 Å². The second kappa shape index (κ2) is 8.96.